The normalized spacial score (nSPS) is 25.6. The summed E-state index contributed by atoms with van der Waals surface area (Å²) in [7, 11) is 1.65. The average Bonchev–Trinajstić information content (AvgIpc) is 2.13. The average molecular weight is 192 g/mol. The van der Waals surface area contributed by atoms with Crippen LogP contribution >= 0.6 is 0 Å². The molecule has 0 atom stereocenters. The zero-order chi connectivity index (χ0) is 10.1. The van der Waals surface area contributed by atoms with Gasteiger partial charge in [0.15, 0.2) is 0 Å². The van der Waals surface area contributed by atoms with E-state index >= 15 is 0 Å². The van der Waals surface area contributed by atoms with Crippen LogP contribution in [-0.4, -0.2) is 12.2 Å². The third kappa shape index (κ3) is 1.45. The molecule has 0 heterocycles. The van der Waals surface area contributed by atoms with Crippen molar-refractivity contribution in [2.24, 2.45) is 5.92 Å². The molecule has 1 aliphatic rings. The summed E-state index contributed by atoms with van der Waals surface area (Å²) in [4.78, 5) is 0. The van der Waals surface area contributed by atoms with E-state index in [1.165, 1.54) is 0 Å². The fourth-order valence-electron chi connectivity index (χ4n) is 2.26. The van der Waals surface area contributed by atoms with Crippen LogP contribution in [0.15, 0.2) is 18.2 Å². The van der Waals surface area contributed by atoms with E-state index in [0.717, 1.165) is 30.1 Å². The topological polar surface area (TPSA) is 29.5 Å². The van der Waals surface area contributed by atoms with E-state index in [2.05, 4.69) is 6.92 Å². The fourth-order valence-corrected chi connectivity index (χ4v) is 2.26. The molecule has 2 rings (SSSR count). The van der Waals surface area contributed by atoms with Gasteiger partial charge in [-0.15, -0.1) is 0 Å². The second-order valence-corrected chi connectivity index (χ2v) is 4.17. The SMILES string of the molecule is COc1cccc(O)c1C1CC(C)C1. The van der Waals surface area contributed by atoms with Crippen molar-refractivity contribution >= 4 is 0 Å². The van der Waals surface area contributed by atoms with E-state index in [-0.39, 0.29) is 0 Å². The number of methoxy groups -OCH3 is 1. The van der Waals surface area contributed by atoms with Gasteiger partial charge in [-0.05, 0) is 36.8 Å². The van der Waals surface area contributed by atoms with E-state index < -0.39 is 0 Å². The first-order valence-corrected chi connectivity index (χ1v) is 5.08. The molecule has 2 heteroatoms. The molecule has 0 saturated heterocycles. The van der Waals surface area contributed by atoms with Crippen molar-refractivity contribution < 1.29 is 9.84 Å². The van der Waals surface area contributed by atoms with Crippen LogP contribution in [0.1, 0.15) is 31.2 Å². The van der Waals surface area contributed by atoms with Crippen LogP contribution in [0.4, 0.5) is 0 Å². The van der Waals surface area contributed by atoms with Crippen LogP contribution in [0.25, 0.3) is 0 Å². The van der Waals surface area contributed by atoms with Gasteiger partial charge in [-0.3, -0.25) is 0 Å². The molecule has 0 aromatic heterocycles. The van der Waals surface area contributed by atoms with E-state index in [1.54, 1.807) is 13.2 Å². The molecule has 0 radical (unpaired) electrons. The van der Waals surface area contributed by atoms with Gasteiger partial charge < -0.3 is 9.84 Å². The zero-order valence-electron chi connectivity index (χ0n) is 8.66. The van der Waals surface area contributed by atoms with Crippen LogP contribution < -0.4 is 4.74 Å². The number of ether oxygens (including phenoxy) is 1. The zero-order valence-corrected chi connectivity index (χ0v) is 8.66. The Balaban J connectivity index is 2.30. The molecule has 1 saturated carbocycles. The van der Waals surface area contributed by atoms with Crippen molar-refractivity contribution in [1.82, 2.24) is 0 Å². The second-order valence-electron chi connectivity index (χ2n) is 4.17. The first-order chi connectivity index (χ1) is 6.72. The number of benzene rings is 1. The predicted octanol–water partition coefficient (Wildman–Crippen LogP) is 2.91. The lowest BCUT2D eigenvalue weighted by atomic mass is 9.72. The third-order valence-electron chi connectivity index (χ3n) is 3.05. The molecule has 76 valence electrons. The molecule has 1 aromatic rings. The summed E-state index contributed by atoms with van der Waals surface area (Å²) in [5.74, 6) is 2.47. The van der Waals surface area contributed by atoms with E-state index in [1.807, 2.05) is 12.1 Å². The van der Waals surface area contributed by atoms with Crippen molar-refractivity contribution in [3.8, 4) is 11.5 Å². The maximum absolute atomic E-state index is 9.76. The Morgan fingerprint density at radius 3 is 2.64 bits per heavy atom. The van der Waals surface area contributed by atoms with Gasteiger partial charge in [0, 0.05) is 5.56 Å². The van der Waals surface area contributed by atoms with E-state index in [0.29, 0.717) is 11.7 Å². The molecule has 1 fully saturated rings. The highest BCUT2D eigenvalue weighted by Gasteiger charge is 2.30. The quantitative estimate of drug-likeness (QED) is 0.780. The van der Waals surface area contributed by atoms with Crippen molar-refractivity contribution in [3.05, 3.63) is 23.8 Å². The summed E-state index contributed by atoms with van der Waals surface area (Å²) in [5, 5.41) is 9.76. The highest BCUT2D eigenvalue weighted by atomic mass is 16.5. The molecule has 0 aliphatic heterocycles. The Labute approximate surface area is 84.5 Å². The van der Waals surface area contributed by atoms with Gasteiger partial charge in [0.25, 0.3) is 0 Å². The summed E-state index contributed by atoms with van der Waals surface area (Å²) in [5.41, 5.74) is 0.994. The number of phenols is 1. The van der Waals surface area contributed by atoms with E-state index in [9.17, 15) is 5.11 Å². The lowest BCUT2D eigenvalue weighted by Crippen LogP contribution is -2.19. The minimum absolute atomic E-state index is 0.376. The molecule has 14 heavy (non-hydrogen) atoms. The van der Waals surface area contributed by atoms with Gasteiger partial charge in [-0.2, -0.15) is 0 Å². The lowest BCUT2D eigenvalue weighted by molar-refractivity contribution is 0.273. The van der Waals surface area contributed by atoms with Crippen molar-refractivity contribution in [2.75, 3.05) is 7.11 Å². The number of rotatable bonds is 2. The van der Waals surface area contributed by atoms with Crippen LogP contribution in [0.2, 0.25) is 0 Å². The molecule has 0 unspecified atom stereocenters. The molecule has 1 N–H and O–H groups in total. The predicted molar refractivity (Wildman–Crippen MR) is 55.8 cm³/mol. The molecule has 1 aliphatic carbocycles. The summed E-state index contributed by atoms with van der Waals surface area (Å²) in [6.45, 7) is 2.24. The van der Waals surface area contributed by atoms with Gasteiger partial charge in [-0.1, -0.05) is 13.0 Å². The summed E-state index contributed by atoms with van der Waals surface area (Å²) < 4.78 is 5.26. The number of aromatic hydroxyl groups is 1. The Kier molecular flexibility index (Phi) is 2.36. The third-order valence-corrected chi connectivity index (χ3v) is 3.05. The summed E-state index contributed by atoms with van der Waals surface area (Å²) >= 11 is 0. The van der Waals surface area contributed by atoms with Gasteiger partial charge >= 0.3 is 0 Å². The van der Waals surface area contributed by atoms with Gasteiger partial charge in [0.2, 0.25) is 0 Å². The highest BCUT2D eigenvalue weighted by Crippen LogP contribution is 2.47. The fraction of sp³-hybridized carbons (Fsp3) is 0.500. The molecule has 2 nitrogen and oxygen atoms in total. The molecule has 0 amide bonds. The van der Waals surface area contributed by atoms with Crippen molar-refractivity contribution in [3.63, 3.8) is 0 Å². The van der Waals surface area contributed by atoms with Crippen molar-refractivity contribution in [2.45, 2.75) is 25.7 Å². The molecule has 0 spiro atoms. The van der Waals surface area contributed by atoms with Gasteiger partial charge in [0.05, 0.1) is 7.11 Å². The number of hydrogen-bond donors (Lipinski definition) is 1. The summed E-state index contributed by atoms with van der Waals surface area (Å²) in [6.07, 6.45) is 2.32. The maximum Gasteiger partial charge on any atom is 0.126 e. The second kappa shape index (κ2) is 3.52. The first kappa shape index (κ1) is 9.38. The van der Waals surface area contributed by atoms with Crippen LogP contribution in [-0.2, 0) is 0 Å². The summed E-state index contributed by atoms with van der Waals surface area (Å²) in [6, 6.07) is 5.47. The first-order valence-electron chi connectivity index (χ1n) is 5.08. The molecule has 0 bridgehead atoms. The lowest BCUT2D eigenvalue weighted by Gasteiger charge is -2.34. The Morgan fingerprint density at radius 1 is 1.36 bits per heavy atom. The van der Waals surface area contributed by atoms with Crippen LogP contribution in [0.3, 0.4) is 0 Å². The maximum atomic E-state index is 9.76. The van der Waals surface area contributed by atoms with Crippen LogP contribution in [0.5, 0.6) is 11.5 Å². The standard InChI is InChI=1S/C12H16O2/c1-8-6-9(7-8)12-10(13)4-3-5-11(12)14-2/h3-5,8-9,13H,6-7H2,1-2H3. The van der Waals surface area contributed by atoms with Crippen molar-refractivity contribution in [1.29, 1.82) is 0 Å². The van der Waals surface area contributed by atoms with Gasteiger partial charge in [-0.25, -0.2) is 0 Å². The minimum atomic E-state index is 0.376. The largest absolute Gasteiger partial charge is 0.508 e. The highest BCUT2D eigenvalue weighted by molar-refractivity contribution is 5.47. The molecular weight excluding hydrogens is 176 g/mol. The monoisotopic (exact) mass is 192 g/mol. The number of hydrogen-bond acceptors (Lipinski definition) is 2. The Bertz CT molecular complexity index is 327. The van der Waals surface area contributed by atoms with Gasteiger partial charge in [0.1, 0.15) is 11.5 Å². The minimum Gasteiger partial charge on any atom is -0.508 e. The van der Waals surface area contributed by atoms with Crippen LogP contribution in [0, 0.1) is 5.92 Å². The van der Waals surface area contributed by atoms with E-state index in [4.69, 9.17) is 4.74 Å². The molecule has 1 aromatic carbocycles. The number of phenolic OH excluding ortho intramolecular Hbond substituents is 1. The Morgan fingerprint density at radius 2 is 2.07 bits per heavy atom. The smallest absolute Gasteiger partial charge is 0.126 e. The Hall–Kier alpha value is -1.18. The molecular formula is C12H16O2.